The summed E-state index contributed by atoms with van der Waals surface area (Å²) in [6.07, 6.45) is 0. The molecule has 4 rings (SSSR count). The number of hydrogen-bond acceptors (Lipinski definition) is 7. The molecule has 0 bridgehead atoms. The molecule has 0 saturated heterocycles. The van der Waals surface area contributed by atoms with E-state index >= 15 is 0 Å². The van der Waals surface area contributed by atoms with Crippen LogP contribution in [0.3, 0.4) is 0 Å². The topological polar surface area (TPSA) is 62.1 Å². The fourth-order valence-corrected chi connectivity index (χ4v) is 4.74. The monoisotopic (exact) mass is 452 g/mol. The average Bonchev–Trinajstić information content (AvgIpc) is 3.43. The molecule has 0 aliphatic heterocycles. The molecule has 2 aromatic carbocycles. The Labute approximate surface area is 190 Å². The third-order valence-corrected chi connectivity index (χ3v) is 6.58. The van der Waals surface area contributed by atoms with Crippen molar-refractivity contribution in [3.63, 3.8) is 0 Å². The van der Waals surface area contributed by atoms with Crippen LogP contribution in [-0.2, 0) is 18.9 Å². The third-order valence-electron chi connectivity index (χ3n) is 4.71. The van der Waals surface area contributed by atoms with Crippen LogP contribution in [0, 0.1) is 6.92 Å². The number of hydrogen-bond donors (Lipinski definition) is 0. The van der Waals surface area contributed by atoms with Gasteiger partial charge in [0.25, 0.3) is 0 Å². The Morgan fingerprint density at radius 1 is 1.00 bits per heavy atom. The number of nitrogens with zero attached hydrogens (tertiary/aromatic N) is 4. The molecule has 0 fully saturated rings. The minimum Gasteiger partial charge on any atom is -0.497 e. The largest absolute Gasteiger partial charge is 0.497 e. The van der Waals surface area contributed by atoms with E-state index in [9.17, 15) is 0 Å². The molecular weight excluding hydrogens is 428 g/mol. The van der Waals surface area contributed by atoms with Gasteiger partial charge in [0.05, 0.1) is 12.8 Å². The summed E-state index contributed by atoms with van der Waals surface area (Å²) in [6, 6.07) is 15.9. The van der Waals surface area contributed by atoms with Gasteiger partial charge in [0.2, 0.25) is 0 Å². The first kappa shape index (κ1) is 21.4. The summed E-state index contributed by atoms with van der Waals surface area (Å²) >= 11 is 3.26. The highest BCUT2D eigenvalue weighted by Gasteiger charge is 2.14. The molecule has 0 amide bonds. The van der Waals surface area contributed by atoms with Gasteiger partial charge in [-0.05, 0) is 50.2 Å². The average molecular weight is 453 g/mol. The summed E-state index contributed by atoms with van der Waals surface area (Å²) < 4.78 is 13.2. The molecule has 0 radical (unpaired) electrons. The van der Waals surface area contributed by atoms with Gasteiger partial charge in [0, 0.05) is 23.2 Å². The summed E-state index contributed by atoms with van der Waals surface area (Å²) in [5.41, 5.74) is 3.26. The molecule has 2 aromatic heterocycles. The molecule has 0 spiro atoms. The molecule has 4 aromatic rings. The molecular formula is C23H24N4O2S2. The summed E-state index contributed by atoms with van der Waals surface area (Å²) in [5, 5.41) is 12.8. The van der Waals surface area contributed by atoms with Crippen LogP contribution in [0.25, 0.3) is 11.4 Å². The molecule has 8 heteroatoms. The van der Waals surface area contributed by atoms with Crippen molar-refractivity contribution in [3.05, 3.63) is 70.2 Å². The SMILES string of the molecule is CCn1c(SCc2csc(COc3ccc(C)cc3)n2)nnc1-c1ccc(OC)cc1. The molecule has 0 unspecified atom stereocenters. The summed E-state index contributed by atoms with van der Waals surface area (Å²) in [6.45, 7) is 5.44. The van der Waals surface area contributed by atoms with Crippen molar-refractivity contribution in [2.24, 2.45) is 0 Å². The summed E-state index contributed by atoms with van der Waals surface area (Å²) in [7, 11) is 1.66. The lowest BCUT2D eigenvalue weighted by Gasteiger charge is -2.07. The van der Waals surface area contributed by atoms with E-state index < -0.39 is 0 Å². The number of benzene rings is 2. The second-order valence-electron chi connectivity index (χ2n) is 6.90. The number of rotatable bonds is 9. The van der Waals surface area contributed by atoms with Crippen LogP contribution in [0.15, 0.2) is 59.1 Å². The molecule has 0 aliphatic rings. The van der Waals surface area contributed by atoms with Crippen LogP contribution in [-0.4, -0.2) is 26.9 Å². The van der Waals surface area contributed by atoms with E-state index in [0.29, 0.717) is 6.61 Å². The van der Waals surface area contributed by atoms with Gasteiger partial charge in [0.15, 0.2) is 11.0 Å². The van der Waals surface area contributed by atoms with Gasteiger partial charge in [-0.2, -0.15) is 0 Å². The van der Waals surface area contributed by atoms with Crippen molar-refractivity contribution < 1.29 is 9.47 Å². The molecule has 2 heterocycles. The van der Waals surface area contributed by atoms with E-state index in [1.54, 1.807) is 30.2 Å². The Morgan fingerprint density at radius 2 is 1.74 bits per heavy atom. The first-order chi connectivity index (χ1) is 15.2. The molecule has 0 atom stereocenters. The van der Waals surface area contributed by atoms with Crippen molar-refractivity contribution >= 4 is 23.1 Å². The second kappa shape index (κ2) is 9.98. The third kappa shape index (κ3) is 5.26. The standard InChI is InChI=1S/C23H24N4O2S2/c1-4-27-22(17-7-11-19(28-3)12-8-17)25-26-23(27)31-15-18-14-30-21(24-18)13-29-20-9-5-16(2)6-10-20/h5-12,14H,4,13,15H2,1-3H3. The van der Waals surface area contributed by atoms with E-state index in [0.717, 1.165) is 51.0 Å². The first-order valence-corrected chi connectivity index (χ1v) is 11.9. The molecule has 31 heavy (non-hydrogen) atoms. The highest BCUT2D eigenvalue weighted by Crippen LogP contribution is 2.28. The molecule has 0 saturated carbocycles. The highest BCUT2D eigenvalue weighted by atomic mass is 32.2. The number of thioether (sulfide) groups is 1. The van der Waals surface area contributed by atoms with Gasteiger partial charge in [-0.15, -0.1) is 21.5 Å². The minimum absolute atomic E-state index is 0.477. The summed E-state index contributed by atoms with van der Waals surface area (Å²) in [5.74, 6) is 3.28. The zero-order valence-electron chi connectivity index (χ0n) is 17.7. The van der Waals surface area contributed by atoms with Crippen LogP contribution in [0.5, 0.6) is 11.5 Å². The smallest absolute Gasteiger partial charge is 0.191 e. The number of thiazole rings is 1. The van der Waals surface area contributed by atoms with E-state index in [1.807, 2.05) is 48.5 Å². The predicted octanol–water partition coefficient (Wildman–Crippen LogP) is 5.61. The first-order valence-electron chi connectivity index (χ1n) is 9.99. The minimum atomic E-state index is 0.477. The highest BCUT2D eigenvalue weighted by molar-refractivity contribution is 7.98. The molecule has 160 valence electrons. The van der Waals surface area contributed by atoms with Crippen LogP contribution in [0.1, 0.15) is 23.2 Å². The van der Waals surface area contributed by atoms with Gasteiger partial charge >= 0.3 is 0 Å². The van der Waals surface area contributed by atoms with Crippen molar-refractivity contribution in [2.75, 3.05) is 7.11 Å². The van der Waals surface area contributed by atoms with E-state index in [1.165, 1.54) is 5.56 Å². The predicted molar refractivity (Wildman–Crippen MR) is 125 cm³/mol. The number of aromatic nitrogens is 4. The van der Waals surface area contributed by atoms with E-state index in [4.69, 9.17) is 14.5 Å². The van der Waals surface area contributed by atoms with Crippen LogP contribution in [0.4, 0.5) is 0 Å². The Bertz CT molecular complexity index is 1120. The Balaban J connectivity index is 1.38. The number of aryl methyl sites for hydroxylation is 1. The lowest BCUT2D eigenvalue weighted by atomic mass is 10.2. The van der Waals surface area contributed by atoms with Crippen LogP contribution < -0.4 is 9.47 Å². The Hall–Kier alpha value is -2.84. The van der Waals surface area contributed by atoms with E-state index in [2.05, 4.69) is 34.0 Å². The van der Waals surface area contributed by atoms with Crippen LogP contribution in [0.2, 0.25) is 0 Å². The zero-order chi connectivity index (χ0) is 21.6. The van der Waals surface area contributed by atoms with Gasteiger partial charge in [-0.3, -0.25) is 0 Å². The molecule has 6 nitrogen and oxygen atoms in total. The van der Waals surface area contributed by atoms with Crippen LogP contribution >= 0.6 is 23.1 Å². The fourth-order valence-electron chi connectivity index (χ4n) is 3.03. The lowest BCUT2D eigenvalue weighted by Crippen LogP contribution is -2.00. The van der Waals surface area contributed by atoms with Crippen molar-refractivity contribution in [1.29, 1.82) is 0 Å². The van der Waals surface area contributed by atoms with Crippen molar-refractivity contribution in [2.45, 2.75) is 37.9 Å². The number of methoxy groups -OCH3 is 1. The van der Waals surface area contributed by atoms with Gasteiger partial charge in [-0.25, -0.2) is 4.98 Å². The quantitative estimate of drug-likeness (QED) is 0.308. The Morgan fingerprint density at radius 3 is 2.45 bits per heavy atom. The van der Waals surface area contributed by atoms with Gasteiger partial charge < -0.3 is 14.0 Å². The summed E-state index contributed by atoms with van der Waals surface area (Å²) in [4.78, 5) is 4.70. The molecule has 0 N–H and O–H groups in total. The maximum atomic E-state index is 5.83. The normalized spacial score (nSPS) is 10.9. The lowest BCUT2D eigenvalue weighted by molar-refractivity contribution is 0.305. The van der Waals surface area contributed by atoms with E-state index in [-0.39, 0.29) is 0 Å². The van der Waals surface area contributed by atoms with Crippen molar-refractivity contribution in [3.8, 4) is 22.9 Å². The second-order valence-corrected chi connectivity index (χ2v) is 8.79. The van der Waals surface area contributed by atoms with Gasteiger partial charge in [-0.1, -0.05) is 29.5 Å². The zero-order valence-corrected chi connectivity index (χ0v) is 19.4. The maximum Gasteiger partial charge on any atom is 0.191 e. The van der Waals surface area contributed by atoms with Gasteiger partial charge in [0.1, 0.15) is 23.1 Å². The fraction of sp³-hybridized carbons (Fsp3) is 0.261. The molecule has 0 aliphatic carbocycles. The van der Waals surface area contributed by atoms with Crippen molar-refractivity contribution in [1.82, 2.24) is 19.7 Å². The Kier molecular flexibility index (Phi) is 6.89. The maximum absolute atomic E-state index is 5.83. The number of ether oxygens (including phenoxy) is 2.